The van der Waals surface area contributed by atoms with Gasteiger partial charge in [-0.05, 0) is 43.4 Å². The van der Waals surface area contributed by atoms with Crippen molar-refractivity contribution in [3.8, 4) is 0 Å². The average molecular weight is 278 g/mol. The molecule has 3 heterocycles. The summed E-state index contributed by atoms with van der Waals surface area (Å²) in [5, 5.41) is 12.1. The monoisotopic (exact) mass is 278 g/mol. The fourth-order valence-electron chi connectivity index (χ4n) is 2.68. The molecule has 0 aromatic carbocycles. The molecule has 0 atom stereocenters. The standard InChI is InChI=1S/C14H22N4S/c1-11-2-3-14(17-16-11)18-9-12(10-18)8-15-13-4-6-19-7-5-13/h2-3,12-13,15H,4-10H2,1H3. The predicted molar refractivity (Wildman–Crippen MR) is 80.8 cm³/mol. The zero-order valence-electron chi connectivity index (χ0n) is 11.5. The summed E-state index contributed by atoms with van der Waals surface area (Å²) in [5.41, 5.74) is 0.984. The Balaban J connectivity index is 1.39. The molecule has 0 aliphatic carbocycles. The second kappa shape index (κ2) is 6.09. The Morgan fingerprint density at radius 2 is 2.05 bits per heavy atom. The Kier molecular flexibility index (Phi) is 4.23. The van der Waals surface area contributed by atoms with Gasteiger partial charge in [0.1, 0.15) is 0 Å². The van der Waals surface area contributed by atoms with Crippen molar-refractivity contribution in [2.45, 2.75) is 25.8 Å². The van der Waals surface area contributed by atoms with E-state index in [9.17, 15) is 0 Å². The lowest BCUT2D eigenvalue weighted by molar-refractivity contribution is 0.351. The summed E-state index contributed by atoms with van der Waals surface area (Å²) in [7, 11) is 0. The second-order valence-corrected chi connectivity index (χ2v) is 6.82. The third-order valence-electron chi connectivity index (χ3n) is 3.98. The maximum Gasteiger partial charge on any atom is 0.151 e. The first-order valence-corrected chi connectivity index (χ1v) is 8.33. The number of anilines is 1. The minimum Gasteiger partial charge on any atom is -0.354 e. The van der Waals surface area contributed by atoms with Gasteiger partial charge in [-0.1, -0.05) is 0 Å². The topological polar surface area (TPSA) is 41.0 Å². The lowest BCUT2D eigenvalue weighted by Gasteiger charge is -2.40. The first kappa shape index (κ1) is 13.2. The Morgan fingerprint density at radius 3 is 2.74 bits per heavy atom. The van der Waals surface area contributed by atoms with Crippen LogP contribution >= 0.6 is 11.8 Å². The van der Waals surface area contributed by atoms with Crippen molar-refractivity contribution in [2.75, 3.05) is 36.0 Å². The molecule has 2 aliphatic rings. The molecule has 1 aromatic rings. The quantitative estimate of drug-likeness (QED) is 0.908. The van der Waals surface area contributed by atoms with E-state index in [1.54, 1.807) is 0 Å². The number of nitrogens with one attached hydrogen (secondary N) is 1. The number of hydrogen-bond acceptors (Lipinski definition) is 5. The van der Waals surface area contributed by atoms with Gasteiger partial charge in [-0.3, -0.25) is 0 Å². The molecular weight excluding hydrogens is 256 g/mol. The fourth-order valence-corrected chi connectivity index (χ4v) is 3.79. The van der Waals surface area contributed by atoms with Crippen molar-refractivity contribution < 1.29 is 0 Å². The van der Waals surface area contributed by atoms with Crippen LogP contribution in [-0.2, 0) is 0 Å². The van der Waals surface area contributed by atoms with Gasteiger partial charge in [-0.2, -0.15) is 16.9 Å². The van der Waals surface area contributed by atoms with Crippen molar-refractivity contribution in [3.05, 3.63) is 17.8 Å². The van der Waals surface area contributed by atoms with E-state index in [0.29, 0.717) is 0 Å². The normalized spacial score (nSPS) is 21.4. The molecule has 0 unspecified atom stereocenters. The van der Waals surface area contributed by atoms with Crippen LogP contribution in [0, 0.1) is 12.8 Å². The molecule has 2 saturated heterocycles. The smallest absolute Gasteiger partial charge is 0.151 e. The van der Waals surface area contributed by atoms with Gasteiger partial charge in [0.15, 0.2) is 5.82 Å². The lowest BCUT2D eigenvalue weighted by Crippen LogP contribution is -2.52. The van der Waals surface area contributed by atoms with E-state index in [4.69, 9.17) is 0 Å². The van der Waals surface area contributed by atoms with E-state index in [-0.39, 0.29) is 0 Å². The van der Waals surface area contributed by atoms with Crippen LogP contribution in [0.25, 0.3) is 0 Å². The highest BCUT2D eigenvalue weighted by Gasteiger charge is 2.28. The summed E-state index contributed by atoms with van der Waals surface area (Å²) in [6.07, 6.45) is 2.68. The van der Waals surface area contributed by atoms with E-state index in [0.717, 1.165) is 43.1 Å². The summed E-state index contributed by atoms with van der Waals surface area (Å²) in [6.45, 7) is 5.37. The van der Waals surface area contributed by atoms with Gasteiger partial charge in [0.2, 0.25) is 0 Å². The summed E-state index contributed by atoms with van der Waals surface area (Å²) in [5.74, 6) is 4.45. The number of aromatic nitrogens is 2. The predicted octanol–water partition coefficient (Wildman–Crippen LogP) is 1.71. The van der Waals surface area contributed by atoms with E-state index in [1.165, 1.54) is 24.3 Å². The molecule has 4 nitrogen and oxygen atoms in total. The summed E-state index contributed by atoms with van der Waals surface area (Å²) >= 11 is 2.09. The highest BCUT2D eigenvalue weighted by Crippen LogP contribution is 2.22. The van der Waals surface area contributed by atoms with E-state index in [1.807, 2.05) is 13.0 Å². The molecule has 104 valence electrons. The van der Waals surface area contributed by atoms with Crippen LogP contribution in [0.5, 0.6) is 0 Å². The van der Waals surface area contributed by atoms with Crippen molar-refractivity contribution in [2.24, 2.45) is 5.92 Å². The first-order chi connectivity index (χ1) is 9.31. The van der Waals surface area contributed by atoms with Gasteiger partial charge < -0.3 is 10.2 Å². The summed E-state index contributed by atoms with van der Waals surface area (Å²) in [6, 6.07) is 4.87. The molecule has 0 radical (unpaired) electrons. The van der Waals surface area contributed by atoms with Crippen LogP contribution in [0.2, 0.25) is 0 Å². The molecule has 2 aliphatic heterocycles. The molecule has 0 amide bonds. The molecule has 1 aromatic heterocycles. The Morgan fingerprint density at radius 1 is 1.26 bits per heavy atom. The van der Waals surface area contributed by atoms with Crippen LogP contribution in [0.1, 0.15) is 18.5 Å². The van der Waals surface area contributed by atoms with Gasteiger partial charge >= 0.3 is 0 Å². The number of nitrogens with zero attached hydrogens (tertiary/aromatic N) is 3. The first-order valence-electron chi connectivity index (χ1n) is 7.17. The van der Waals surface area contributed by atoms with Crippen LogP contribution in [0.4, 0.5) is 5.82 Å². The molecule has 0 spiro atoms. The van der Waals surface area contributed by atoms with Crippen LogP contribution in [-0.4, -0.2) is 47.4 Å². The highest BCUT2D eigenvalue weighted by atomic mass is 32.2. The Bertz CT molecular complexity index is 396. The molecule has 3 rings (SSSR count). The highest BCUT2D eigenvalue weighted by molar-refractivity contribution is 7.99. The van der Waals surface area contributed by atoms with Crippen molar-refractivity contribution in [1.29, 1.82) is 0 Å². The zero-order chi connectivity index (χ0) is 13.1. The average Bonchev–Trinajstić information content (AvgIpc) is 2.40. The van der Waals surface area contributed by atoms with Gasteiger partial charge in [0.25, 0.3) is 0 Å². The fraction of sp³-hybridized carbons (Fsp3) is 0.714. The van der Waals surface area contributed by atoms with Gasteiger partial charge in [-0.25, -0.2) is 0 Å². The maximum absolute atomic E-state index is 4.24. The van der Waals surface area contributed by atoms with Gasteiger partial charge in [0.05, 0.1) is 5.69 Å². The van der Waals surface area contributed by atoms with Crippen LogP contribution in [0.3, 0.4) is 0 Å². The minimum atomic E-state index is 0.759. The van der Waals surface area contributed by atoms with E-state index in [2.05, 4.69) is 38.2 Å². The van der Waals surface area contributed by atoms with Gasteiger partial charge in [-0.15, -0.1) is 5.10 Å². The van der Waals surface area contributed by atoms with Crippen LogP contribution < -0.4 is 10.2 Å². The third-order valence-corrected chi connectivity index (χ3v) is 5.03. The Hall–Kier alpha value is -0.810. The number of hydrogen-bond donors (Lipinski definition) is 1. The molecular formula is C14H22N4S. The molecule has 5 heteroatoms. The molecule has 19 heavy (non-hydrogen) atoms. The van der Waals surface area contributed by atoms with Crippen molar-refractivity contribution >= 4 is 17.6 Å². The molecule has 1 N–H and O–H groups in total. The van der Waals surface area contributed by atoms with Crippen LogP contribution in [0.15, 0.2) is 12.1 Å². The number of aryl methyl sites for hydroxylation is 1. The SMILES string of the molecule is Cc1ccc(N2CC(CNC3CCSCC3)C2)nn1. The zero-order valence-corrected chi connectivity index (χ0v) is 12.3. The number of rotatable bonds is 4. The largest absolute Gasteiger partial charge is 0.354 e. The maximum atomic E-state index is 4.24. The minimum absolute atomic E-state index is 0.759. The summed E-state index contributed by atoms with van der Waals surface area (Å²) in [4.78, 5) is 2.31. The second-order valence-electron chi connectivity index (χ2n) is 5.60. The molecule has 0 bridgehead atoms. The summed E-state index contributed by atoms with van der Waals surface area (Å²) < 4.78 is 0. The van der Waals surface area contributed by atoms with Crippen molar-refractivity contribution in [1.82, 2.24) is 15.5 Å². The molecule has 0 saturated carbocycles. The third kappa shape index (κ3) is 3.39. The molecule has 2 fully saturated rings. The van der Waals surface area contributed by atoms with Gasteiger partial charge in [0, 0.05) is 31.6 Å². The lowest BCUT2D eigenvalue weighted by atomic mass is 9.99. The van der Waals surface area contributed by atoms with Crippen molar-refractivity contribution in [3.63, 3.8) is 0 Å². The van der Waals surface area contributed by atoms with E-state index >= 15 is 0 Å². The Labute approximate surface area is 119 Å². The van der Waals surface area contributed by atoms with E-state index < -0.39 is 0 Å². The number of thioether (sulfide) groups is 1.